The maximum atomic E-state index is 12.7. The van der Waals surface area contributed by atoms with E-state index in [0.717, 1.165) is 45.3 Å². The van der Waals surface area contributed by atoms with E-state index in [1.807, 2.05) is 24.1 Å². The highest BCUT2D eigenvalue weighted by atomic mass is 16.5. The Morgan fingerprint density at radius 3 is 2.67 bits per heavy atom. The van der Waals surface area contributed by atoms with Gasteiger partial charge in [-0.25, -0.2) is 0 Å². The summed E-state index contributed by atoms with van der Waals surface area (Å²) in [6.07, 6.45) is 4.21. The Balaban J connectivity index is 1.99. The van der Waals surface area contributed by atoms with Gasteiger partial charge in [-0.2, -0.15) is 0 Å². The molecule has 134 valence electrons. The van der Waals surface area contributed by atoms with Gasteiger partial charge in [-0.1, -0.05) is 13.3 Å². The number of amides is 1. The van der Waals surface area contributed by atoms with Crippen LogP contribution < -0.4 is 14.8 Å². The van der Waals surface area contributed by atoms with Gasteiger partial charge in [0, 0.05) is 18.7 Å². The van der Waals surface area contributed by atoms with Crippen LogP contribution in [-0.2, 0) is 0 Å². The third-order valence-corrected chi connectivity index (χ3v) is 4.56. The topological polar surface area (TPSA) is 50.8 Å². The maximum absolute atomic E-state index is 12.7. The van der Waals surface area contributed by atoms with E-state index in [4.69, 9.17) is 9.47 Å². The molecule has 24 heavy (non-hydrogen) atoms. The average molecular weight is 334 g/mol. The van der Waals surface area contributed by atoms with E-state index in [1.165, 1.54) is 0 Å². The molecular formula is C19H30N2O3. The van der Waals surface area contributed by atoms with Crippen LogP contribution in [0.4, 0.5) is 0 Å². The Bertz CT molecular complexity index is 525. The van der Waals surface area contributed by atoms with Crippen molar-refractivity contribution in [3.63, 3.8) is 0 Å². The Hall–Kier alpha value is -1.75. The fraction of sp³-hybridized carbons (Fsp3) is 0.632. The molecule has 0 aromatic heterocycles. The Kier molecular flexibility index (Phi) is 7.37. The average Bonchev–Trinajstić information content (AvgIpc) is 2.62. The van der Waals surface area contributed by atoms with Crippen molar-refractivity contribution < 1.29 is 14.3 Å². The molecule has 2 rings (SSSR count). The first-order valence-electron chi connectivity index (χ1n) is 8.94. The van der Waals surface area contributed by atoms with E-state index in [2.05, 4.69) is 12.2 Å². The normalized spacial score (nSPS) is 15.4. The Labute approximate surface area is 145 Å². The van der Waals surface area contributed by atoms with Gasteiger partial charge in [-0.05, 0) is 57.0 Å². The third kappa shape index (κ3) is 4.87. The number of likely N-dealkylation sites (tertiary alicyclic amines) is 1. The molecule has 0 aliphatic carbocycles. The van der Waals surface area contributed by atoms with Gasteiger partial charge < -0.3 is 19.7 Å². The molecule has 1 aliphatic heterocycles. The second-order valence-corrected chi connectivity index (χ2v) is 6.36. The van der Waals surface area contributed by atoms with Crippen LogP contribution in [0.5, 0.6) is 11.5 Å². The largest absolute Gasteiger partial charge is 0.493 e. The van der Waals surface area contributed by atoms with Crippen LogP contribution in [0.1, 0.15) is 43.0 Å². The summed E-state index contributed by atoms with van der Waals surface area (Å²) < 4.78 is 11.1. The molecule has 1 aromatic carbocycles. The molecule has 0 unspecified atom stereocenters. The molecule has 1 aromatic rings. The van der Waals surface area contributed by atoms with Gasteiger partial charge >= 0.3 is 0 Å². The zero-order valence-electron chi connectivity index (χ0n) is 15.1. The lowest BCUT2D eigenvalue weighted by atomic mass is 9.96. The molecule has 1 heterocycles. The lowest BCUT2D eigenvalue weighted by Crippen LogP contribution is -2.40. The Morgan fingerprint density at radius 2 is 2.04 bits per heavy atom. The standard InChI is InChI=1S/C19H30N2O3/c1-4-5-12-24-17-7-6-16(13-18(17)23-3)19(22)21-10-8-15(9-11-21)14-20-2/h6-7,13,15,20H,4-5,8-12,14H2,1-3H3. The zero-order valence-corrected chi connectivity index (χ0v) is 15.1. The van der Waals surface area contributed by atoms with Gasteiger partial charge in [0.25, 0.3) is 5.91 Å². The van der Waals surface area contributed by atoms with Gasteiger partial charge in [-0.3, -0.25) is 4.79 Å². The van der Waals surface area contributed by atoms with Gasteiger partial charge in [0.2, 0.25) is 0 Å². The number of ether oxygens (including phenoxy) is 2. The monoisotopic (exact) mass is 334 g/mol. The quantitative estimate of drug-likeness (QED) is 0.743. The molecule has 1 amide bonds. The fourth-order valence-electron chi connectivity index (χ4n) is 3.06. The summed E-state index contributed by atoms with van der Waals surface area (Å²) in [5.41, 5.74) is 0.668. The first-order chi connectivity index (χ1) is 11.7. The highest BCUT2D eigenvalue weighted by Crippen LogP contribution is 2.29. The molecule has 1 fully saturated rings. The molecular weight excluding hydrogens is 304 g/mol. The summed E-state index contributed by atoms with van der Waals surface area (Å²) >= 11 is 0. The number of carbonyl (C=O) groups is 1. The number of carbonyl (C=O) groups excluding carboxylic acids is 1. The van der Waals surface area contributed by atoms with E-state index in [1.54, 1.807) is 13.2 Å². The summed E-state index contributed by atoms with van der Waals surface area (Å²) in [5.74, 6) is 2.08. The molecule has 0 radical (unpaired) electrons. The van der Waals surface area contributed by atoms with Crippen molar-refractivity contribution in [3.05, 3.63) is 23.8 Å². The number of hydrogen-bond donors (Lipinski definition) is 1. The third-order valence-electron chi connectivity index (χ3n) is 4.56. The number of piperidine rings is 1. The number of nitrogens with zero attached hydrogens (tertiary/aromatic N) is 1. The number of rotatable bonds is 8. The molecule has 0 saturated carbocycles. The lowest BCUT2D eigenvalue weighted by molar-refractivity contribution is 0.0690. The van der Waals surface area contributed by atoms with Gasteiger partial charge in [-0.15, -0.1) is 0 Å². The SMILES string of the molecule is CCCCOc1ccc(C(=O)N2CCC(CNC)CC2)cc1OC. The van der Waals surface area contributed by atoms with E-state index < -0.39 is 0 Å². The molecule has 0 atom stereocenters. The summed E-state index contributed by atoms with van der Waals surface area (Å²) in [6.45, 7) is 5.46. The number of benzene rings is 1. The highest BCUT2D eigenvalue weighted by molar-refractivity contribution is 5.95. The van der Waals surface area contributed by atoms with Crippen LogP contribution in [-0.4, -0.2) is 51.2 Å². The van der Waals surface area contributed by atoms with Crippen LogP contribution in [0.2, 0.25) is 0 Å². The minimum absolute atomic E-state index is 0.0799. The second-order valence-electron chi connectivity index (χ2n) is 6.36. The summed E-state index contributed by atoms with van der Waals surface area (Å²) in [6, 6.07) is 5.48. The fourth-order valence-corrected chi connectivity index (χ4v) is 3.06. The van der Waals surface area contributed by atoms with Gasteiger partial charge in [0.05, 0.1) is 13.7 Å². The summed E-state index contributed by atoms with van der Waals surface area (Å²) in [5, 5.41) is 3.22. The van der Waals surface area contributed by atoms with Crippen molar-refractivity contribution in [1.29, 1.82) is 0 Å². The maximum Gasteiger partial charge on any atom is 0.253 e. The molecule has 5 nitrogen and oxygen atoms in total. The van der Waals surface area contributed by atoms with Crippen LogP contribution >= 0.6 is 0 Å². The summed E-state index contributed by atoms with van der Waals surface area (Å²) in [4.78, 5) is 14.7. The van der Waals surface area contributed by atoms with Crippen molar-refractivity contribution >= 4 is 5.91 Å². The summed E-state index contributed by atoms with van der Waals surface area (Å²) in [7, 11) is 3.59. The van der Waals surface area contributed by atoms with Crippen molar-refractivity contribution in [2.75, 3.05) is 40.4 Å². The van der Waals surface area contributed by atoms with Crippen LogP contribution in [0.15, 0.2) is 18.2 Å². The van der Waals surface area contributed by atoms with Crippen molar-refractivity contribution in [3.8, 4) is 11.5 Å². The van der Waals surface area contributed by atoms with E-state index in [-0.39, 0.29) is 5.91 Å². The number of methoxy groups -OCH3 is 1. The van der Waals surface area contributed by atoms with Crippen molar-refractivity contribution in [2.45, 2.75) is 32.6 Å². The smallest absolute Gasteiger partial charge is 0.253 e. The number of nitrogens with one attached hydrogen (secondary N) is 1. The van der Waals surface area contributed by atoms with Gasteiger partial charge in [0.15, 0.2) is 11.5 Å². The van der Waals surface area contributed by atoms with E-state index >= 15 is 0 Å². The molecule has 1 N–H and O–H groups in total. The lowest BCUT2D eigenvalue weighted by Gasteiger charge is -2.32. The van der Waals surface area contributed by atoms with Crippen molar-refractivity contribution in [1.82, 2.24) is 10.2 Å². The first kappa shape index (κ1) is 18.6. The molecule has 1 saturated heterocycles. The van der Waals surface area contributed by atoms with E-state index in [9.17, 15) is 4.79 Å². The Morgan fingerprint density at radius 1 is 1.29 bits per heavy atom. The molecule has 0 bridgehead atoms. The number of unbranched alkanes of at least 4 members (excludes halogenated alkanes) is 1. The van der Waals surface area contributed by atoms with Crippen LogP contribution in [0.25, 0.3) is 0 Å². The molecule has 1 aliphatic rings. The van der Waals surface area contributed by atoms with Crippen LogP contribution in [0.3, 0.4) is 0 Å². The predicted octanol–water partition coefficient (Wildman–Crippen LogP) is 2.95. The minimum Gasteiger partial charge on any atom is -0.493 e. The first-order valence-corrected chi connectivity index (χ1v) is 8.94. The minimum atomic E-state index is 0.0799. The highest BCUT2D eigenvalue weighted by Gasteiger charge is 2.24. The zero-order chi connectivity index (χ0) is 17.4. The predicted molar refractivity (Wildman–Crippen MR) is 96.0 cm³/mol. The molecule has 0 spiro atoms. The van der Waals surface area contributed by atoms with Crippen LogP contribution in [0, 0.1) is 5.92 Å². The number of hydrogen-bond acceptors (Lipinski definition) is 4. The van der Waals surface area contributed by atoms with Gasteiger partial charge in [0.1, 0.15) is 0 Å². The second kappa shape index (κ2) is 9.52. The van der Waals surface area contributed by atoms with Crippen molar-refractivity contribution in [2.24, 2.45) is 5.92 Å². The molecule has 5 heteroatoms. The van der Waals surface area contributed by atoms with E-state index in [0.29, 0.717) is 29.6 Å².